The first-order valence-corrected chi connectivity index (χ1v) is 8.21. The van der Waals surface area contributed by atoms with Crippen LogP contribution in [0.5, 0.6) is 11.5 Å². The maximum atomic E-state index is 5.92. The molecule has 1 aromatic heterocycles. The molecule has 0 radical (unpaired) electrons. The summed E-state index contributed by atoms with van der Waals surface area (Å²) < 4.78 is 22.9. The predicted molar refractivity (Wildman–Crippen MR) is 79.3 cm³/mol. The van der Waals surface area contributed by atoms with Crippen LogP contribution in [0.25, 0.3) is 0 Å². The van der Waals surface area contributed by atoms with Crippen LogP contribution in [0.1, 0.15) is 37.1 Å². The lowest BCUT2D eigenvalue weighted by Crippen LogP contribution is -2.22. The number of para-hydroxylation sites is 2. The lowest BCUT2D eigenvalue weighted by Gasteiger charge is -2.24. The Labute approximate surface area is 133 Å². The van der Waals surface area contributed by atoms with Crippen LogP contribution < -0.4 is 9.47 Å². The van der Waals surface area contributed by atoms with Gasteiger partial charge < -0.3 is 18.7 Å². The molecule has 4 unspecified atom stereocenters. The molecule has 6 heteroatoms. The van der Waals surface area contributed by atoms with Crippen molar-refractivity contribution in [3.05, 3.63) is 36.0 Å². The zero-order chi connectivity index (χ0) is 15.2. The average molecular weight is 314 g/mol. The van der Waals surface area contributed by atoms with E-state index in [4.69, 9.17) is 18.7 Å². The maximum absolute atomic E-state index is 5.92. The minimum Gasteiger partial charge on any atom is -0.485 e. The van der Waals surface area contributed by atoms with E-state index in [0.29, 0.717) is 36.4 Å². The Kier molecular flexibility index (Phi) is 3.04. The van der Waals surface area contributed by atoms with E-state index in [2.05, 4.69) is 10.1 Å². The van der Waals surface area contributed by atoms with Crippen LogP contribution in [0.4, 0.5) is 0 Å². The van der Waals surface area contributed by atoms with E-state index in [-0.39, 0.29) is 6.10 Å². The fourth-order valence-corrected chi connectivity index (χ4v) is 3.81. The summed E-state index contributed by atoms with van der Waals surface area (Å²) in [5.74, 6) is 3.21. The Morgan fingerprint density at radius 1 is 1.13 bits per heavy atom. The van der Waals surface area contributed by atoms with Gasteiger partial charge in [0.25, 0.3) is 0 Å². The molecule has 4 heterocycles. The van der Waals surface area contributed by atoms with Crippen molar-refractivity contribution in [2.75, 3.05) is 6.61 Å². The van der Waals surface area contributed by atoms with E-state index < -0.39 is 0 Å². The summed E-state index contributed by atoms with van der Waals surface area (Å²) in [6, 6.07) is 7.62. The first-order chi connectivity index (χ1) is 11.3. The molecule has 2 saturated heterocycles. The highest BCUT2D eigenvalue weighted by Crippen LogP contribution is 2.40. The van der Waals surface area contributed by atoms with Crippen molar-refractivity contribution in [3.8, 4) is 11.5 Å². The minimum absolute atomic E-state index is 0.321. The predicted octanol–water partition coefficient (Wildman–Crippen LogP) is 2.69. The fraction of sp³-hybridized carbons (Fsp3) is 0.529. The van der Waals surface area contributed by atoms with Gasteiger partial charge in [-0.05, 0) is 37.3 Å². The maximum Gasteiger partial charge on any atom is 0.227 e. The third-order valence-corrected chi connectivity index (χ3v) is 4.95. The molecule has 2 fully saturated rings. The van der Waals surface area contributed by atoms with Crippen LogP contribution in [0.3, 0.4) is 0 Å². The van der Waals surface area contributed by atoms with Crippen molar-refractivity contribution >= 4 is 0 Å². The Morgan fingerprint density at radius 3 is 2.87 bits per heavy atom. The lowest BCUT2D eigenvalue weighted by atomic mass is 9.87. The first kappa shape index (κ1) is 13.4. The van der Waals surface area contributed by atoms with Gasteiger partial charge in [-0.2, -0.15) is 4.98 Å². The molecule has 5 rings (SSSR count). The summed E-state index contributed by atoms with van der Waals surface area (Å²) in [5.41, 5.74) is 0. The quantitative estimate of drug-likeness (QED) is 0.868. The summed E-state index contributed by atoms with van der Waals surface area (Å²) in [4.78, 5) is 4.52. The van der Waals surface area contributed by atoms with Crippen molar-refractivity contribution in [3.63, 3.8) is 0 Å². The van der Waals surface area contributed by atoms with Gasteiger partial charge in [-0.15, -0.1) is 0 Å². The van der Waals surface area contributed by atoms with Gasteiger partial charge in [-0.3, -0.25) is 0 Å². The summed E-state index contributed by atoms with van der Waals surface area (Å²) in [6.07, 6.45) is 4.75. The van der Waals surface area contributed by atoms with E-state index in [1.807, 2.05) is 24.3 Å². The number of hydrogen-bond acceptors (Lipinski definition) is 6. The molecule has 0 N–H and O–H groups in total. The van der Waals surface area contributed by atoms with Crippen molar-refractivity contribution in [2.45, 2.75) is 44.0 Å². The van der Waals surface area contributed by atoms with Gasteiger partial charge in [-0.1, -0.05) is 17.3 Å². The highest BCUT2D eigenvalue weighted by atomic mass is 16.6. The summed E-state index contributed by atoms with van der Waals surface area (Å²) in [7, 11) is 0. The van der Waals surface area contributed by atoms with Gasteiger partial charge in [0.15, 0.2) is 17.6 Å². The van der Waals surface area contributed by atoms with Gasteiger partial charge in [0.1, 0.15) is 6.61 Å². The first-order valence-electron chi connectivity index (χ1n) is 8.21. The number of benzene rings is 1. The number of aromatic nitrogens is 2. The number of fused-ring (bicyclic) bond motifs is 3. The van der Waals surface area contributed by atoms with Crippen molar-refractivity contribution < 1.29 is 18.7 Å². The number of rotatable bonds is 3. The highest BCUT2D eigenvalue weighted by molar-refractivity contribution is 5.40. The second-order valence-electron chi connectivity index (χ2n) is 6.48. The van der Waals surface area contributed by atoms with Gasteiger partial charge in [0.2, 0.25) is 11.7 Å². The van der Waals surface area contributed by atoms with Crippen LogP contribution in [0.15, 0.2) is 28.8 Å². The minimum atomic E-state index is -0.321. The molecule has 0 aliphatic carbocycles. The summed E-state index contributed by atoms with van der Waals surface area (Å²) in [6.45, 7) is 0.396. The molecule has 0 amide bonds. The summed E-state index contributed by atoms with van der Waals surface area (Å²) >= 11 is 0. The van der Waals surface area contributed by atoms with Gasteiger partial charge in [0, 0.05) is 6.42 Å². The second kappa shape index (κ2) is 5.23. The molecule has 0 spiro atoms. The molecule has 2 bridgehead atoms. The molecular weight excluding hydrogens is 296 g/mol. The molecule has 120 valence electrons. The fourth-order valence-electron chi connectivity index (χ4n) is 3.81. The molecule has 3 aliphatic heterocycles. The van der Waals surface area contributed by atoms with Crippen molar-refractivity contribution in [1.82, 2.24) is 10.1 Å². The van der Waals surface area contributed by atoms with Crippen LogP contribution in [-0.2, 0) is 11.2 Å². The number of hydrogen-bond donors (Lipinski definition) is 0. The van der Waals surface area contributed by atoms with E-state index in [1.165, 1.54) is 6.42 Å². The lowest BCUT2D eigenvalue weighted by molar-refractivity contribution is 0.0832. The van der Waals surface area contributed by atoms with Crippen LogP contribution >= 0.6 is 0 Å². The molecule has 23 heavy (non-hydrogen) atoms. The van der Waals surface area contributed by atoms with E-state index >= 15 is 0 Å². The van der Waals surface area contributed by atoms with E-state index in [9.17, 15) is 0 Å². The van der Waals surface area contributed by atoms with Crippen molar-refractivity contribution in [1.29, 1.82) is 0 Å². The van der Waals surface area contributed by atoms with Gasteiger partial charge in [0.05, 0.1) is 12.2 Å². The molecular formula is C17H18N2O4. The topological polar surface area (TPSA) is 66.6 Å². The molecule has 3 aliphatic rings. The Morgan fingerprint density at radius 2 is 2.04 bits per heavy atom. The number of nitrogens with zero attached hydrogens (tertiary/aromatic N) is 2. The van der Waals surface area contributed by atoms with Crippen LogP contribution in [0, 0.1) is 5.92 Å². The Balaban J connectivity index is 1.29. The molecule has 4 atom stereocenters. The smallest absolute Gasteiger partial charge is 0.227 e. The van der Waals surface area contributed by atoms with Crippen molar-refractivity contribution in [2.24, 2.45) is 5.92 Å². The highest BCUT2D eigenvalue weighted by Gasteiger charge is 2.41. The molecule has 2 aromatic rings. The third-order valence-electron chi connectivity index (χ3n) is 4.95. The molecule has 1 aromatic carbocycles. The zero-order valence-corrected chi connectivity index (χ0v) is 12.7. The summed E-state index contributed by atoms with van der Waals surface area (Å²) in [5, 5.41) is 4.08. The van der Waals surface area contributed by atoms with E-state index in [0.717, 1.165) is 30.8 Å². The van der Waals surface area contributed by atoms with Crippen LogP contribution in [0.2, 0.25) is 0 Å². The largest absolute Gasteiger partial charge is 0.485 e. The van der Waals surface area contributed by atoms with Crippen LogP contribution in [-0.4, -0.2) is 29.0 Å². The Bertz CT molecular complexity index is 716. The number of ether oxygens (including phenoxy) is 3. The SMILES string of the molecule is c1ccc2c(c1)OCC(c1noc(CC3CC4CCC3O4)n1)O2. The monoisotopic (exact) mass is 314 g/mol. The van der Waals surface area contributed by atoms with E-state index in [1.54, 1.807) is 0 Å². The molecule has 6 nitrogen and oxygen atoms in total. The second-order valence-corrected chi connectivity index (χ2v) is 6.48. The third kappa shape index (κ3) is 2.37. The van der Waals surface area contributed by atoms with Gasteiger partial charge in [-0.25, -0.2) is 0 Å². The molecule has 0 saturated carbocycles. The zero-order valence-electron chi connectivity index (χ0n) is 12.7. The normalized spacial score (nSPS) is 31.5. The Hall–Kier alpha value is -2.08. The van der Waals surface area contributed by atoms with Gasteiger partial charge >= 0.3 is 0 Å². The standard InChI is InChI=1S/C17H18N2O4/c1-2-4-14-13(3-1)20-9-15(22-14)17-18-16(23-19-17)8-10-7-11-5-6-12(10)21-11/h1-4,10-12,15H,5-9H2. The average Bonchev–Trinajstić information content (AvgIpc) is 3.31.